The number of benzene rings is 3. The molecule has 34 heavy (non-hydrogen) atoms. The van der Waals surface area contributed by atoms with Crippen LogP contribution in [0.3, 0.4) is 0 Å². The Morgan fingerprint density at radius 1 is 1.00 bits per heavy atom. The third-order valence-electron chi connectivity index (χ3n) is 5.48. The van der Waals surface area contributed by atoms with Gasteiger partial charge in [0.05, 0.1) is 25.3 Å². The fourth-order valence-corrected chi connectivity index (χ4v) is 3.73. The van der Waals surface area contributed by atoms with E-state index in [1.165, 1.54) is 0 Å². The largest absolute Gasteiger partial charge is 0.496 e. The van der Waals surface area contributed by atoms with Crippen LogP contribution in [0.15, 0.2) is 66.7 Å². The van der Waals surface area contributed by atoms with Gasteiger partial charge in [0.15, 0.2) is 11.5 Å². The molecule has 4 rings (SSSR count). The van der Waals surface area contributed by atoms with Crippen molar-refractivity contribution in [1.82, 2.24) is 10.6 Å². The summed E-state index contributed by atoms with van der Waals surface area (Å²) in [5.41, 5.74) is 2.81. The number of anilines is 1. The smallest absolute Gasteiger partial charge is 0.253 e. The molecule has 1 atom stereocenters. The predicted octanol–water partition coefficient (Wildman–Crippen LogP) is 3.64. The zero-order valence-electron chi connectivity index (χ0n) is 19.1. The molecule has 0 radical (unpaired) electrons. The maximum Gasteiger partial charge on any atom is 0.253 e. The maximum atomic E-state index is 12.8. The number of hydrogen-bond acceptors (Lipinski definition) is 6. The number of carbonyl (C=O) groups excluding carboxylic acids is 2. The van der Waals surface area contributed by atoms with Crippen LogP contribution in [0.2, 0.25) is 0 Å². The summed E-state index contributed by atoms with van der Waals surface area (Å²) in [5.74, 6) is 1.63. The van der Waals surface area contributed by atoms with Crippen molar-refractivity contribution in [3.05, 3.63) is 83.4 Å². The summed E-state index contributed by atoms with van der Waals surface area (Å²) in [6, 6.07) is 20.0. The van der Waals surface area contributed by atoms with E-state index < -0.39 is 0 Å². The van der Waals surface area contributed by atoms with E-state index in [9.17, 15) is 9.59 Å². The number of methoxy groups -OCH3 is 1. The molecule has 3 aromatic rings. The molecule has 1 unspecified atom stereocenters. The first-order chi connectivity index (χ1) is 16.5. The van der Waals surface area contributed by atoms with Gasteiger partial charge in [-0.1, -0.05) is 36.4 Å². The lowest BCUT2D eigenvalue weighted by Crippen LogP contribution is -2.32. The summed E-state index contributed by atoms with van der Waals surface area (Å²) >= 11 is 0. The Morgan fingerprint density at radius 3 is 2.62 bits per heavy atom. The van der Waals surface area contributed by atoms with Gasteiger partial charge in [-0.15, -0.1) is 0 Å². The zero-order valence-corrected chi connectivity index (χ0v) is 19.1. The van der Waals surface area contributed by atoms with Crippen molar-refractivity contribution in [2.75, 3.05) is 25.8 Å². The van der Waals surface area contributed by atoms with E-state index in [4.69, 9.17) is 14.2 Å². The molecular weight excluding hydrogens is 434 g/mol. The summed E-state index contributed by atoms with van der Waals surface area (Å²) in [7, 11) is 1.60. The Kier molecular flexibility index (Phi) is 7.17. The molecular formula is C26H27N3O5. The van der Waals surface area contributed by atoms with E-state index in [-0.39, 0.29) is 31.2 Å². The SMILES string of the molecule is COc1ccccc1C(C)NC(=O)CNc1ccccc1C(=O)NCc1ccc2c(c1)OCO2. The second-order valence-corrected chi connectivity index (χ2v) is 7.80. The number of fused-ring (bicyclic) bond motifs is 1. The molecule has 1 aliphatic rings. The second kappa shape index (κ2) is 10.6. The van der Waals surface area contributed by atoms with Crippen molar-refractivity contribution >= 4 is 17.5 Å². The van der Waals surface area contributed by atoms with Gasteiger partial charge in [-0.2, -0.15) is 0 Å². The Bertz CT molecular complexity index is 1180. The summed E-state index contributed by atoms with van der Waals surface area (Å²) < 4.78 is 16.1. The summed E-state index contributed by atoms with van der Waals surface area (Å²) in [6.07, 6.45) is 0. The molecule has 0 aliphatic carbocycles. The van der Waals surface area contributed by atoms with Crippen LogP contribution >= 0.6 is 0 Å². The quantitative estimate of drug-likeness (QED) is 0.450. The van der Waals surface area contributed by atoms with Crippen LogP contribution in [0.5, 0.6) is 17.2 Å². The van der Waals surface area contributed by atoms with Gasteiger partial charge < -0.3 is 30.2 Å². The molecule has 8 nitrogen and oxygen atoms in total. The Hall–Kier alpha value is -4.20. The minimum Gasteiger partial charge on any atom is -0.496 e. The molecule has 3 aromatic carbocycles. The first-order valence-corrected chi connectivity index (χ1v) is 11.0. The van der Waals surface area contributed by atoms with Crippen LogP contribution in [0.25, 0.3) is 0 Å². The lowest BCUT2D eigenvalue weighted by atomic mass is 10.1. The fraction of sp³-hybridized carbons (Fsp3) is 0.231. The first kappa shape index (κ1) is 23.0. The number of nitrogens with one attached hydrogen (secondary N) is 3. The van der Waals surface area contributed by atoms with E-state index >= 15 is 0 Å². The number of ether oxygens (including phenoxy) is 3. The third-order valence-corrected chi connectivity index (χ3v) is 5.48. The van der Waals surface area contributed by atoms with Crippen LogP contribution in [0.1, 0.15) is 34.5 Å². The van der Waals surface area contributed by atoms with Crippen LogP contribution in [0.4, 0.5) is 5.69 Å². The molecule has 0 saturated carbocycles. The van der Waals surface area contributed by atoms with Gasteiger partial charge >= 0.3 is 0 Å². The van der Waals surface area contributed by atoms with Crippen molar-refractivity contribution in [3.8, 4) is 17.2 Å². The van der Waals surface area contributed by atoms with E-state index in [0.717, 1.165) is 11.1 Å². The van der Waals surface area contributed by atoms with E-state index in [1.807, 2.05) is 55.5 Å². The van der Waals surface area contributed by atoms with Crippen LogP contribution < -0.4 is 30.2 Å². The van der Waals surface area contributed by atoms with Crippen LogP contribution in [-0.2, 0) is 11.3 Å². The Balaban J connectivity index is 1.33. The van der Waals surface area contributed by atoms with Crippen molar-refractivity contribution in [2.24, 2.45) is 0 Å². The molecule has 0 saturated heterocycles. The van der Waals surface area contributed by atoms with E-state index in [2.05, 4.69) is 16.0 Å². The number of rotatable bonds is 9. The third kappa shape index (κ3) is 5.40. The van der Waals surface area contributed by atoms with Crippen molar-refractivity contribution in [1.29, 1.82) is 0 Å². The van der Waals surface area contributed by atoms with E-state index in [1.54, 1.807) is 25.3 Å². The standard InChI is InChI=1S/C26H27N3O5/c1-17(19-7-4-6-10-22(19)32-2)29-25(30)15-27-21-9-5-3-8-20(21)26(31)28-14-18-11-12-23-24(13-18)34-16-33-23/h3-13,17,27H,14-16H2,1-2H3,(H,28,31)(H,29,30). The monoisotopic (exact) mass is 461 g/mol. The molecule has 3 N–H and O–H groups in total. The minimum absolute atomic E-state index is 0.0198. The highest BCUT2D eigenvalue weighted by Gasteiger charge is 2.16. The average Bonchev–Trinajstić information content (AvgIpc) is 3.34. The normalized spacial score (nSPS) is 12.5. The topological polar surface area (TPSA) is 97.9 Å². The summed E-state index contributed by atoms with van der Waals surface area (Å²) in [5, 5.41) is 8.93. The molecule has 8 heteroatoms. The van der Waals surface area contributed by atoms with E-state index in [0.29, 0.717) is 35.0 Å². The van der Waals surface area contributed by atoms with Gasteiger partial charge in [0.2, 0.25) is 12.7 Å². The first-order valence-electron chi connectivity index (χ1n) is 11.0. The van der Waals surface area contributed by atoms with Gasteiger partial charge in [-0.3, -0.25) is 9.59 Å². The number of para-hydroxylation sites is 2. The van der Waals surface area contributed by atoms with Crippen LogP contribution in [-0.4, -0.2) is 32.3 Å². The number of amides is 2. The van der Waals surface area contributed by atoms with Gasteiger partial charge in [0.1, 0.15) is 5.75 Å². The van der Waals surface area contributed by atoms with Gasteiger partial charge in [-0.05, 0) is 42.8 Å². The van der Waals surface area contributed by atoms with Crippen molar-refractivity contribution in [2.45, 2.75) is 19.5 Å². The fourth-order valence-electron chi connectivity index (χ4n) is 3.73. The summed E-state index contributed by atoms with van der Waals surface area (Å²) in [4.78, 5) is 25.4. The molecule has 0 bridgehead atoms. The minimum atomic E-state index is -0.247. The van der Waals surface area contributed by atoms with Gasteiger partial charge in [0, 0.05) is 17.8 Å². The molecule has 0 fully saturated rings. The highest BCUT2D eigenvalue weighted by molar-refractivity contribution is 6.00. The maximum absolute atomic E-state index is 12.8. The average molecular weight is 462 g/mol. The van der Waals surface area contributed by atoms with Gasteiger partial charge in [0.25, 0.3) is 5.91 Å². The summed E-state index contributed by atoms with van der Waals surface area (Å²) in [6.45, 7) is 2.45. The molecule has 176 valence electrons. The molecule has 0 spiro atoms. The number of hydrogen-bond donors (Lipinski definition) is 3. The Morgan fingerprint density at radius 2 is 1.76 bits per heavy atom. The Labute approximate surface area is 198 Å². The molecule has 1 heterocycles. The zero-order chi connectivity index (χ0) is 23.9. The molecule has 1 aliphatic heterocycles. The number of carbonyl (C=O) groups is 2. The highest BCUT2D eigenvalue weighted by Crippen LogP contribution is 2.32. The second-order valence-electron chi connectivity index (χ2n) is 7.80. The van der Waals surface area contributed by atoms with Gasteiger partial charge in [-0.25, -0.2) is 0 Å². The van der Waals surface area contributed by atoms with Crippen molar-refractivity contribution < 1.29 is 23.8 Å². The molecule has 0 aromatic heterocycles. The lowest BCUT2D eigenvalue weighted by Gasteiger charge is -2.18. The van der Waals surface area contributed by atoms with Crippen LogP contribution in [0, 0.1) is 0 Å². The molecule has 2 amide bonds. The highest BCUT2D eigenvalue weighted by atomic mass is 16.7. The predicted molar refractivity (Wildman–Crippen MR) is 128 cm³/mol. The van der Waals surface area contributed by atoms with Crippen molar-refractivity contribution in [3.63, 3.8) is 0 Å². The lowest BCUT2D eigenvalue weighted by molar-refractivity contribution is -0.120.